The lowest BCUT2D eigenvalue weighted by Gasteiger charge is -2.12. The Hall–Kier alpha value is -0.760. The van der Waals surface area contributed by atoms with Crippen LogP contribution in [0.3, 0.4) is 0 Å². The van der Waals surface area contributed by atoms with Gasteiger partial charge in [0.1, 0.15) is 6.07 Å². The van der Waals surface area contributed by atoms with Gasteiger partial charge < -0.3 is 0 Å². The van der Waals surface area contributed by atoms with Gasteiger partial charge in [-0.1, -0.05) is 11.6 Å². The Labute approximate surface area is 111 Å². The summed E-state index contributed by atoms with van der Waals surface area (Å²) in [6.45, 7) is 1.57. The predicted molar refractivity (Wildman–Crippen MR) is 68.2 cm³/mol. The molecule has 0 aromatic heterocycles. The second-order valence-electron chi connectivity index (χ2n) is 3.59. The average molecular weight is 292 g/mol. The molecule has 6 heteroatoms. The number of sulfone groups is 1. The molecule has 0 saturated heterocycles. The number of halogens is 2. The van der Waals surface area contributed by atoms with E-state index in [-0.39, 0.29) is 16.3 Å². The molecule has 0 fully saturated rings. The number of benzene rings is 1. The van der Waals surface area contributed by atoms with Gasteiger partial charge in [0.2, 0.25) is 0 Å². The smallest absolute Gasteiger partial charge is 0.182 e. The fraction of sp³-hybridized carbons (Fsp3) is 0.364. The van der Waals surface area contributed by atoms with E-state index in [4.69, 9.17) is 28.5 Å². The Morgan fingerprint density at radius 3 is 2.65 bits per heavy atom. The Kier molecular flexibility index (Phi) is 4.81. The topological polar surface area (TPSA) is 57.9 Å². The highest BCUT2D eigenvalue weighted by atomic mass is 35.5. The lowest BCUT2D eigenvalue weighted by Crippen LogP contribution is -2.19. The van der Waals surface area contributed by atoms with Crippen molar-refractivity contribution in [3.63, 3.8) is 0 Å². The zero-order valence-corrected chi connectivity index (χ0v) is 11.5. The van der Waals surface area contributed by atoms with Crippen molar-refractivity contribution in [3.05, 3.63) is 28.8 Å². The molecule has 0 radical (unpaired) electrons. The van der Waals surface area contributed by atoms with Gasteiger partial charge in [0, 0.05) is 10.9 Å². The molecule has 0 aliphatic heterocycles. The third kappa shape index (κ3) is 3.12. The lowest BCUT2D eigenvalue weighted by atomic mass is 10.2. The highest BCUT2D eigenvalue weighted by Gasteiger charge is 2.25. The third-order valence-electron chi connectivity index (χ3n) is 2.42. The second kappa shape index (κ2) is 5.72. The molecular weight excluding hydrogens is 281 g/mol. The van der Waals surface area contributed by atoms with E-state index in [0.717, 1.165) is 0 Å². The number of hydrogen-bond acceptors (Lipinski definition) is 3. The molecule has 17 heavy (non-hydrogen) atoms. The number of rotatable bonds is 4. The maximum atomic E-state index is 12.2. The lowest BCUT2D eigenvalue weighted by molar-refractivity contribution is 0.581. The minimum absolute atomic E-state index is 0.0230. The van der Waals surface area contributed by atoms with E-state index in [0.29, 0.717) is 11.4 Å². The van der Waals surface area contributed by atoms with Crippen molar-refractivity contribution < 1.29 is 8.42 Å². The second-order valence-corrected chi connectivity index (χ2v) is 6.73. The van der Waals surface area contributed by atoms with E-state index in [1.54, 1.807) is 6.92 Å². The van der Waals surface area contributed by atoms with Gasteiger partial charge in [0.05, 0.1) is 15.7 Å². The minimum atomic E-state index is -3.56. The summed E-state index contributed by atoms with van der Waals surface area (Å²) in [5.41, 5.74) is 0.107. The Bertz CT molecular complexity index is 549. The molecule has 0 aliphatic carbocycles. The summed E-state index contributed by atoms with van der Waals surface area (Å²) < 4.78 is 24.4. The van der Waals surface area contributed by atoms with Crippen molar-refractivity contribution in [1.29, 1.82) is 5.26 Å². The van der Waals surface area contributed by atoms with E-state index in [1.807, 2.05) is 6.07 Å². The first-order valence-corrected chi connectivity index (χ1v) is 7.39. The van der Waals surface area contributed by atoms with Crippen LogP contribution in [0.1, 0.15) is 18.9 Å². The van der Waals surface area contributed by atoms with Crippen LogP contribution in [0.5, 0.6) is 0 Å². The molecule has 1 aromatic carbocycles. The van der Waals surface area contributed by atoms with Gasteiger partial charge in [0.15, 0.2) is 9.84 Å². The summed E-state index contributed by atoms with van der Waals surface area (Å²) in [7, 11) is -3.56. The van der Waals surface area contributed by atoms with Crippen LogP contribution in [0, 0.1) is 11.3 Å². The van der Waals surface area contributed by atoms with E-state index in [2.05, 4.69) is 0 Å². The van der Waals surface area contributed by atoms with Gasteiger partial charge >= 0.3 is 0 Å². The number of nitrogens with zero attached hydrogens (tertiary/aromatic N) is 1. The summed E-state index contributed by atoms with van der Waals surface area (Å²) in [5.74, 6) is 0.253. The van der Waals surface area contributed by atoms with E-state index in [9.17, 15) is 8.42 Å². The monoisotopic (exact) mass is 291 g/mol. The molecule has 0 spiro atoms. The normalized spacial score (nSPS) is 13.1. The van der Waals surface area contributed by atoms with Crippen LogP contribution in [-0.4, -0.2) is 19.5 Å². The number of nitriles is 1. The molecule has 1 atom stereocenters. The van der Waals surface area contributed by atoms with Crippen LogP contribution in [0.4, 0.5) is 0 Å². The van der Waals surface area contributed by atoms with E-state index >= 15 is 0 Å². The third-order valence-corrected chi connectivity index (χ3v) is 5.12. The van der Waals surface area contributed by atoms with Gasteiger partial charge in [-0.25, -0.2) is 8.42 Å². The van der Waals surface area contributed by atoms with Crippen molar-refractivity contribution in [1.82, 2.24) is 0 Å². The fourth-order valence-electron chi connectivity index (χ4n) is 1.35. The largest absolute Gasteiger partial charge is 0.223 e. The molecule has 0 bridgehead atoms. The highest BCUT2D eigenvalue weighted by Crippen LogP contribution is 2.25. The first kappa shape index (κ1) is 14.3. The van der Waals surface area contributed by atoms with Crippen LogP contribution >= 0.6 is 23.2 Å². The van der Waals surface area contributed by atoms with Crippen LogP contribution < -0.4 is 0 Å². The molecule has 0 saturated carbocycles. The SMILES string of the molecule is CC(CCCl)S(=O)(=O)c1cc(Cl)ccc1C#N. The van der Waals surface area contributed by atoms with Crippen LogP contribution in [0.2, 0.25) is 5.02 Å². The van der Waals surface area contributed by atoms with Gasteiger partial charge in [-0.3, -0.25) is 0 Å². The summed E-state index contributed by atoms with van der Waals surface area (Å²) in [6, 6.07) is 6.06. The van der Waals surface area contributed by atoms with E-state index in [1.165, 1.54) is 18.2 Å². The van der Waals surface area contributed by atoms with Crippen molar-refractivity contribution >= 4 is 33.0 Å². The molecule has 0 amide bonds. The maximum absolute atomic E-state index is 12.2. The summed E-state index contributed by atoms with van der Waals surface area (Å²) in [4.78, 5) is -0.0230. The van der Waals surface area contributed by atoms with Crippen LogP contribution in [-0.2, 0) is 9.84 Å². The standard InChI is InChI=1S/C11H11Cl2NO2S/c1-8(4-5-12)17(15,16)11-6-10(13)3-2-9(11)7-14/h2-3,6,8H,4-5H2,1H3. The Balaban J connectivity index is 3.33. The van der Waals surface area contributed by atoms with Gasteiger partial charge in [0.25, 0.3) is 0 Å². The van der Waals surface area contributed by atoms with Gasteiger partial charge in [-0.05, 0) is 31.5 Å². The predicted octanol–water partition coefficient (Wildman–Crippen LogP) is 3.00. The maximum Gasteiger partial charge on any atom is 0.182 e. The number of hydrogen-bond donors (Lipinski definition) is 0. The Morgan fingerprint density at radius 1 is 1.47 bits per heavy atom. The first-order chi connectivity index (χ1) is 7.93. The minimum Gasteiger partial charge on any atom is -0.223 e. The molecule has 92 valence electrons. The molecule has 3 nitrogen and oxygen atoms in total. The van der Waals surface area contributed by atoms with Crippen molar-refractivity contribution in [3.8, 4) is 6.07 Å². The quantitative estimate of drug-likeness (QED) is 0.801. The summed E-state index contributed by atoms with van der Waals surface area (Å²) in [5, 5.41) is 8.56. The molecule has 1 unspecified atom stereocenters. The van der Waals surface area contributed by atoms with Crippen molar-refractivity contribution in [2.24, 2.45) is 0 Å². The molecule has 0 heterocycles. The number of alkyl halides is 1. The molecule has 0 aliphatic rings. The fourth-order valence-corrected chi connectivity index (χ4v) is 3.62. The van der Waals surface area contributed by atoms with Gasteiger partial charge in [-0.2, -0.15) is 5.26 Å². The highest BCUT2D eigenvalue weighted by molar-refractivity contribution is 7.92. The van der Waals surface area contributed by atoms with Crippen LogP contribution in [0.15, 0.2) is 23.1 Å². The zero-order chi connectivity index (χ0) is 13.1. The summed E-state index contributed by atoms with van der Waals surface area (Å²) in [6.07, 6.45) is 0.335. The zero-order valence-electron chi connectivity index (χ0n) is 9.15. The van der Waals surface area contributed by atoms with E-state index < -0.39 is 15.1 Å². The van der Waals surface area contributed by atoms with Crippen molar-refractivity contribution in [2.75, 3.05) is 5.88 Å². The van der Waals surface area contributed by atoms with Gasteiger partial charge in [-0.15, -0.1) is 11.6 Å². The molecule has 1 aromatic rings. The van der Waals surface area contributed by atoms with Crippen molar-refractivity contribution in [2.45, 2.75) is 23.5 Å². The average Bonchev–Trinajstić information content (AvgIpc) is 2.29. The molecule has 0 N–H and O–H groups in total. The summed E-state index contributed by atoms with van der Waals surface area (Å²) >= 11 is 11.3. The molecule has 1 rings (SSSR count). The first-order valence-electron chi connectivity index (χ1n) is 4.93. The Morgan fingerprint density at radius 2 is 2.12 bits per heavy atom. The van der Waals surface area contributed by atoms with Crippen LogP contribution in [0.25, 0.3) is 0 Å². The molecular formula is C11H11Cl2NO2S.